The van der Waals surface area contributed by atoms with Crippen molar-refractivity contribution >= 4 is 11.9 Å². The number of carbonyl (C=O) groups excluding carboxylic acids is 2. The molecule has 0 bridgehead atoms. The van der Waals surface area contributed by atoms with Gasteiger partial charge in [-0.25, -0.2) is 0 Å². The molecule has 11 heteroatoms. The van der Waals surface area contributed by atoms with Crippen LogP contribution in [0, 0.1) is 0 Å². The molecule has 1 amide bonds. The summed E-state index contributed by atoms with van der Waals surface area (Å²) >= 11 is 0. The summed E-state index contributed by atoms with van der Waals surface area (Å²) in [6.07, 6.45) is 75.4. The number of aliphatic hydroxyl groups excluding tert-OH is 5. The minimum Gasteiger partial charge on any atom is -0.466 e. The maximum atomic E-state index is 13.1. The molecule has 1 fully saturated rings. The van der Waals surface area contributed by atoms with Crippen molar-refractivity contribution in [2.45, 2.75) is 403 Å². The van der Waals surface area contributed by atoms with Gasteiger partial charge in [0.1, 0.15) is 24.4 Å². The van der Waals surface area contributed by atoms with E-state index in [2.05, 4.69) is 55.6 Å². The molecule has 0 aromatic heterocycles. The van der Waals surface area contributed by atoms with E-state index in [1.54, 1.807) is 6.08 Å². The van der Waals surface area contributed by atoms with Crippen molar-refractivity contribution in [1.29, 1.82) is 0 Å². The Morgan fingerprint density at radius 2 is 0.782 bits per heavy atom. The van der Waals surface area contributed by atoms with E-state index in [1.807, 2.05) is 6.08 Å². The first kappa shape index (κ1) is 82.6. The molecule has 0 aliphatic carbocycles. The first-order valence-corrected chi connectivity index (χ1v) is 37.4. The van der Waals surface area contributed by atoms with Crippen LogP contribution >= 0.6 is 0 Å². The minimum absolute atomic E-state index is 0.000983. The average Bonchev–Trinajstić information content (AvgIpc) is 1.94. The highest BCUT2D eigenvalue weighted by atomic mass is 16.7. The molecule has 1 saturated heterocycles. The highest BCUT2D eigenvalue weighted by Gasteiger charge is 2.44. The van der Waals surface area contributed by atoms with Gasteiger partial charge in [0.15, 0.2) is 6.29 Å². The van der Waals surface area contributed by atoms with Crippen molar-refractivity contribution in [2.75, 3.05) is 19.8 Å². The highest BCUT2D eigenvalue weighted by Crippen LogP contribution is 2.23. The van der Waals surface area contributed by atoms with E-state index in [4.69, 9.17) is 14.2 Å². The van der Waals surface area contributed by atoms with Gasteiger partial charge >= 0.3 is 5.97 Å². The molecule has 11 nitrogen and oxygen atoms in total. The molecule has 1 rings (SSSR count). The molecule has 6 N–H and O–H groups in total. The van der Waals surface area contributed by atoms with Crippen LogP contribution in [0.2, 0.25) is 0 Å². The van der Waals surface area contributed by atoms with E-state index in [-0.39, 0.29) is 18.5 Å². The molecule has 1 aliphatic rings. The second-order valence-corrected chi connectivity index (χ2v) is 26.0. The number of ether oxygens (including phenoxy) is 3. The van der Waals surface area contributed by atoms with Crippen molar-refractivity contribution in [3.8, 4) is 0 Å². The number of rotatable bonds is 66. The molecule has 0 radical (unpaired) electrons. The number of hydrogen-bond donors (Lipinski definition) is 6. The molecule has 1 heterocycles. The molecular formula is C76H141NO10. The number of aliphatic hydroxyl groups is 5. The van der Waals surface area contributed by atoms with Crippen LogP contribution < -0.4 is 5.32 Å². The predicted molar refractivity (Wildman–Crippen MR) is 366 cm³/mol. The smallest absolute Gasteiger partial charge is 0.305 e. The molecule has 510 valence electrons. The Morgan fingerprint density at radius 3 is 1.21 bits per heavy atom. The number of nitrogens with one attached hydrogen (secondary N) is 1. The van der Waals surface area contributed by atoms with Crippen molar-refractivity contribution in [3.05, 3.63) is 48.6 Å². The molecule has 0 spiro atoms. The number of amides is 1. The molecule has 0 saturated carbocycles. The van der Waals surface area contributed by atoms with Crippen LogP contribution in [0.3, 0.4) is 0 Å². The normalized spacial score (nSPS) is 18.1. The summed E-state index contributed by atoms with van der Waals surface area (Å²) in [6.45, 7) is 4.34. The fourth-order valence-electron chi connectivity index (χ4n) is 11.7. The third kappa shape index (κ3) is 53.9. The Morgan fingerprint density at radius 1 is 0.425 bits per heavy atom. The zero-order valence-corrected chi connectivity index (χ0v) is 56.7. The maximum absolute atomic E-state index is 13.1. The van der Waals surface area contributed by atoms with Gasteiger partial charge in [-0.3, -0.25) is 9.59 Å². The lowest BCUT2D eigenvalue weighted by molar-refractivity contribution is -0.302. The number of carbonyl (C=O) groups is 2. The van der Waals surface area contributed by atoms with Crippen LogP contribution in [0.5, 0.6) is 0 Å². The largest absolute Gasteiger partial charge is 0.466 e. The summed E-state index contributed by atoms with van der Waals surface area (Å²) in [5.74, 6) is -0.179. The monoisotopic (exact) mass is 1230 g/mol. The van der Waals surface area contributed by atoms with Crippen molar-refractivity contribution in [3.63, 3.8) is 0 Å². The fraction of sp³-hybridized carbons (Fsp3) is 0.868. The molecule has 87 heavy (non-hydrogen) atoms. The topological polar surface area (TPSA) is 175 Å². The van der Waals surface area contributed by atoms with Crippen LogP contribution in [0.15, 0.2) is 48.6 Å². The van der Waals surface area contributed by atoms with Gasteiger partial charge in [0, 0.05) is 12.8 Å². The van der Waals surface area contributed by atoms with E-state index < -0.39 is 49.5 Å². The van der Waals surface area contributed by atoms with Gasteiger partial charge < -0.3 is 45.1 Å². The lowest BCUT2D eigenvalue weighted by atomic mass is 9.99. The summed E-state index contributed by atoms with van der Waals surface area (Å²) in [6, 6.07) is -0.809. The zero-order chi connectivity index (χ0) is 63.0. The van der Waals surface area contributed by atoms with Gasteiger partial charge in [0.25, 0.3) is 0 Å². The van der Waals surface area contributed by atoms with Crippen LogP contribution in [-0.2, 0) is 23.8 Å². The van der Waals surface area contributed by atoms with Crippen LogP contribution in [-0.4, -0.2) is 100 Å². The molecule has 7 atom stereocenters. The average molecular weight is 1230 g/mol. The summed E-state index contributed by atoms with van der Waals surface area (Å²) in [4.78, 5) is 25.1. The van der Waals surface area contributed by atoms with E-state index in [0.29, 0.717) is 19.4 Å². The SMILES string of the molecule is CCCC/C=C\CCCCCCCC(=O)OCCCCCCCCCCCCC/C=C\C/C=C\CCCCCCCCCCCCCCCCCCCC(=O)NC(COC1OC(CO)C(O)C(O)C1O)C(O)/C=C/CCCCCCCCCCCCC. The molecule has 0 aromatic carbocycles. The summed E-state index contributed by atoms with van der Waals surface area (Å²) in [5, 5.41) is 54.5. The van der Waals surface area contributed by atoms with Crippen molar-refractivity contribution < 1.29 is 49.3 Å². The van der Waals surface area contributed by atoms with Crippen LogP contribution in [0.4, 0.5) is 0 Å². The number of esters is 1. The third-order valence-electron chi connectivity index (χ3n) is 17.7. The first-order chi connectivity index (χ1) is 42.7. The van der Waals surface area contributed by atoms with Gasteiger partial charge in [-0.05, 0) is 83.5 Å². The number of unbranched alkanes of at least 4 members (excludes halogenated alkanes) is 46. The fourth-order valence-corrected chi connectivity index (χ4v) is 11.7. The molecule has 1 aliphatic heterocycles. The Kier molecular flexibility index (Phi) is 61.9. The lowest BCUT2D eigenvalue weighted by Gasteiger charge is -2.40. The Balaban J connectivity index is 1.95. The summed E-state index contributed by atoms with van der Waals surface area (Å²) in [7, 11) is 0. The number of allylic oxidation sites excluding steroid dienone is 7. The quantitative estimate of drug-likeness (QED) is 0.0195. The van der Waals surface area contributed by atoms with E-state index in [9.17, 15) is 35.1 Å². The van der Waals surface area contributed by atoms with Crippen molar-refractivity contribution in [1.82, 2.24) is 5.32 Å². The Bertz CT molecular complexity index is 1580. The second kappa shape index (κ2) is 65.1. The Labute approximate surface area is 536 Å². The van der Waals surface area contributed by atoms with E-state index >= 15 is 0 Å². The van der Waals surface area contributed by atoms with Gasteiger partial charge in [-0.15, -0.1) is 0 Å². The van der Waals surface area contributed by atoms with Gasteiger partial charge in [0.2, 0.25) is 5.91 Å². The predicted octanol–water partition coefficient (Wildman–Crippen LogP) is 19.5. The van der Waals surface area contributed by atoms with Crippen molar-refractivity contribution in [2.24, 2.45) is 0 Å². The van der Waals surface area contributed by atoms with Gasteiger partial charge in [-0.1, -0.05) is 313 Å². The standard InChI is InChI=1S/C76H141NO10/c1-3-5-7-9-11-13-15-39-43-46-50-54-58-62-69(79)68(67-86-76-75(84)74(83)73(82)70(66-78)87-76)77-71(80)63-59-55-51-47-44-40-37-35-33-31-29-27-25-23-21-19-17-16-18-20-22-24-26-28-30-32-34-36-38-41-45-49-53-57-61-65-85-72(81)64-60-56-52-48-42-14-12-10-8-6-4-2/h10,12,18,20,24,26,58,62,68-70,73-76,78-79,82-84H,3-9,11,13-17,19,21-23,25,27-57,59-61,63-67H2,1-2H3,(H,77,80)/b12-10-,20-18-,26-24-,62-58+. The zero-order valence-electron chi connectivity index (χ0n) is 56.7. The van der Waals surface area contributed by atoms with Crippen LogP contribution in [0.25, 0.3) is 0 Å². The third-order valence-corrected chi connectivity index (χ3v) is 17.7. The van der Waals surface area contributed by atoms with E-state index in [1.165, 1.54) is 270 Å². The van der Waals surface area contributed by atoms with E-state index in [0.717, 1.165) is 64.2 Å². The van der Waals surface area contributed by atoms with Gasteiger partial charge in [-0.2, -0.15) is 0 Å². The molecule has 7 unspecified atom stereocenters. The Hall–Kier alpha value is -2.38. The highest BCUT2D eigenvalue weighted by molar-refractivity contribution is 5.76. The summed E-state index contributed by atoms with van der Waals surface area (Å²) < 4.78 is 16.7. The second-order valence-electron chi connectivity index (χ2n) is 26.0. The lowest BCUT2D eigenvalue weighted by Crippen LogP contribution is -2.60. The molecule has 0 aromatic rings. The molecular weight excluding hydrogens is 1090 g/mol. The summed E-state index contributed by atoms with van der Waals surface area (Å²) in [5.41, 5.74) is 0. The first-order valence-electron chi connectivity index (χ1n) is 37.4. The van der Waals surface area contributed by atoms with Gasteiger partial charge in [0.05, 0.1) is 32.0 Å². The number of hydrogen-bond acceptors (Lipinski definition) is 10. The minimum atomic E-state index is -1.57. The maximum Gasteiger partial charge on any atom is 0.305 e. The van der Waals surface area contributed by atoms with Crippen LogP contribution in [0.1, 0.15) is 361 Å².